The minimum Gasteiger partial charge on any atom is -0.478 e. The quantitative estimate of drug-likeness (QED) is 0.871. The zero-order valence-corrected chi connectivity index (χ0v) is 11.0. The summed E-state index contributed by atoms with van der Waals surface area (Å²) in [6.07, 6.45) is 2.91. The number of carboxylic acids is 1. The highest BCUT2D eigenvalue weighted by atomic mass is 32.2. The molecular weight excluding hydrogens is 285 g/mol. The average molecular weight is 295 g/mol. The lowest BCUT2D eigenvalue weighted by molar-refractivity contribution is 0.0691. The summed E-state index contributed by atoms with van der Waals surface area (Å²) in [5.74, 6) is -2.82. The second-order valence-corrected chi connectivity index (χ2v) is 6.06. The van der Waals surface area contributed by atoms with E-state index < -0.39 is 27.2 Å². The molecular formula is C13H10FNO4S. The summed E-state index contributed by atoms with van der Waals surface area (Å²) in [7, 11) is -3.76. The molecule has 0 saturated heterocycles. The van der Waals surface area contributed by atoms with Crippen molar-refractivity contribution in [2.75, 3.05) is 0 Å². The molecule has 7 heteroatoms. The van der Waals surface area contributed by atoms with Gasteiger partial charge in [0.25, 0.3) is 0 Å². The number of aromatic nitrogens is 1. The number of sulfone groups is 1. The highest BCUT2D eigenvalue weighted by molar-refractivity contribution is 7.90. The molecule has 1 N–H and O–H groups in total. The number of carbonyl (C=O) groups is 1. The van der Waals surface area contributed by atoms with Gasteiger partial charge in [-0.2, -0.15) is 0 Å². The molecule has 1 heterocycles. The van der Waals surface area contributed by atoms with Crippen LogP contribution >= 0.6 is 0 Å². The van der Waals surface area contributed by atoms with Gasteiger partial charge in [-0.1, -0.05) is 6.07 Å². The van der Waals surface area contributed by atoms with Crippen molar-refractivity contribution in [3.05, 3.63) is 59.7 Å². The Morgan fingerprint density at radius 2 is 2.05 bits per heavy atom. The smallest absolute Gasteiger partial charge is 0.338 e. The first-order valence-electron chi connectivity index (χ1n) is 5.54. The number of aromatic carboxylic acids is 1. The van der Waals surface area contributed by atoms with Crippen LogP contribution in [0, 0.1) is 5.82 Å². The van der Waals surface area contributed by atoms with Gasteiger partial charge >= 0.3 is 5.97 Å². The first-order chi connectivity index (χ1) is 9.40. The van der Waals surface area contributed by atoms with Crippen molar-refractivity contribution in [3.63, 3.8) is 0 Å². The van der Waals surface area contributed by atoms with Crippen LogP contribution in [0.1, 0.15) is 15.9 Å². The summed E-state index contributed by atoms with van der Waals surface area (Å²) in [6, 6.07) is 5.89. The summed E-state index contributed by atoms with van der Waals surface area (Å²) >= 11 is 0. The molecule has 0 fully saturated rings. The minimum absolute atomic E-state index is 0.236. The van der Waals surface area contributed by atoms with E-state index in [1.54, 1.807) is 12.1 Å². The van der Waals surface area contributed by atoms with Crippen LogP contribution in [0.5, 0.6) is 0 Å². The lowest BCUT2D eigenvalue weighted by Gasteiger charge is -2.06. The number of rotatable bonds is 4. The van der Waals surface area contributed by atoms with E-state index in [2.05, 4.69) is 4.98 Å². The summed E-state index contributed by atoms with van der Waals surface area (Å²) in [5, 5.41) is 8.80. The van der Waals surface area contributed by atoms with E-state index in [9.17, 15) is 17.6 Å². The Labute approximate surface area is 114 Å². The molecule has 20 heavy (non-hydrogen) atoms. The van der Waals surface area contributed by atoms with E-state index in [0.717, 1.165) is 18.2 Å². The predicted molar refractivity (Wildman–Crippen MR) is 68.5 cm³/mol. The van der Waals surface area contributed by atoms with Crippen LogP contribution < -0.4 is 0 Å². The van der Waals surface area contributed by atoms with Gasteiger partial charge in [-0.25, -0.2) is 17.6 Å². The zero-order valence-electron chi connectivity index (χ0n) is 10.2. The van der Waals surface area contributed by atoms with E-state index in [1.807, 2.05) is 0 Å². The van der Waals surface area contributed by atoms with Crippen molar-refractivity contribution < 1.29 is 22.7 Å². The van der Waals surface area contributed by atoms with Gasteiger partial charge in [0.2, 0.25) is 0 Å². The van der Waals surface area contributed by atoms with Crippen LogP contribution in [0.3, 0.4) is 0 Å². The summed E-state index contributed by atoms with van der Waals surface area (Å²) in [4.78, 5) is 14.4. The number of hydrogen-bond acceptors (Lipinski definition) is 4. The van der Waals surface area contributed by atoms with Crippen LogP contribution in [-0.2, 0) is 15.6 Å². The third kappa shape index (κ3) is 3.00. The van der Waals surface area contributed by atoms with Crippen LogP contribution in [-0.4, -0.2) is 24.5 Å². The van der Waals surface area contributed by atoms with Gasteiger partial charge in [-0.3, -0.25) is 4.98 Å². The van der Waals surface area contributed by atoms with Gasteiger partial charge in [0.15, 0.2) is 9.84 Å². The van der Waals surface area contributed by atoms with Gasteiger partial charge in [0, 0.05) is 12.4 Å². The van der Waals surface area contributed by atoms with Gasteiger partial charge in [-0.15, -0.1) is 0 Å². The highest BCUT2D eigenvalue weighted by Crippen LogP contribution is 2.19. The molecule has 0 bridgehead atoms. The molecule has 0 saturated carbocycles. The summed E-state index contributed by atoms with van der Waals surface area (Å²) in [5.41, 5.74) is -0.203. The fraction of sp³-hybridized carbons (Fsp3) is 0.0769. The molecule has 0 spiro atoms. The number of hydrogen-bond donors (Lipinski definition) is 1. The van der Waals surface area contributed by atoms with Gasteiger partial charge in [0.1, 0.15) is 5.82 Å². The van der Waals surface area contributed by atoms with Crippen molar-refractivity contribution in [1.82, 2.24) is 4.98 Å². The lowest BCUT2D eigenvalue weighted by atomic mass is 10.2. The highest BCUT2D eigenvalue weighted by Gasteiger charge is 2.19. The van der Waals surface area contributed by atoms with Crippen molar-refractivity contribution in [2.24, 2.45) is 0 Å². The third-order valence-corrected chi connectivity index (χ3v) is 4.29. The number of carboxylic acid groups (broad SMARTS) is 1. The van der Waals surface area contributed by atoms with Gasteiger partial charge in [0.05, 0.1) is 16.2 Å². The fourth-order valence-corrected chi connectivity index (χ4v) is 3.00. The Bertz CT molecular complexity index is 744. The normalized spacial score (nSPS) is 11.2. The summed E-state index contributed by atoms with van der Waals surface area (Å²) in [6.45, 7) is 0. The van der Waals surface area contributed by atoms with Crippen molar-refractivity contribution in [1.29, 1.82) is 0 Å². The standard InChI is InChI=1S/C13H10FNO4S/c14-12-4-3-10(6-11(12)13(16)17)20(18,19)8-9-2-1-5-15-7-9/h1-7H,8H2,(H,16,17). The monoisotopic (exact) mass is 295 g/mol. The van der Waals surface area contributed by atoms with Crippen LogP contribution in [0.4, 0.5) is 4.39 Å². The molecule has 0 radical (unpaired) electrons. The molecule has 1 aromatic carbocycles. The first-order valence-corrected chi connectivity index (χ1v) is 7.20. The maximum Gasteiger partial charge on any atom is 0.338 e. The van der Waals surface area contributed by atoms with Crippen LogP contribution in [0.2, 0.25) is 0 Å². The van der Waals surface area contributed by atoms with E-state index in [1.165, 1.54) is 12.4 Å². The SMILES string of the molecule is O=C(O)c1cc(S(=O)(=O)Cc2cccnc2)ccc1F. The molecule has 2 aromatic rings. The Kier molecular flexibility index (Phi) is 3.80. The van der Waals surface area contributed by atoms with E-state index in [-0.39, 0.29) is 10.6 Å². The molecule has 2 rings (SSSR count). The topological polar surface area (TPSA) is 84.3 Å². The minimum atomic E-state index is -3.76. The second-order valence-electron chi connectivity index (χ2n) is 4.07. The van der Waals surface area contributed by atoms with Gasteiger partial charge in [-0.05, 0) is 29.8 Å². The summed E-state index contributed by atoms with van der Waals surface area (Å²) < 4.78 is 37.5. The van der Waals surface area contributed by atoms with Crippen molar-refractivity contribution >= 4 is 15.8 Å². The largest absolute Gasteiger partial charge is 0.478 e. The Morgan fingerprint density at radius 1 is 1.30 bits per heavy atom. The average Bonchev–Trinajstić information content (AvgIpc) is 2.39. The third-order valence-electron chi connectivity index (χ3n) is 2.61. The Balaban J connectivity index is 2.40. The number of nitrogens with zero attached hydrogens (tertiary/aromatic N) is 1. The fourth-order valence-electron chi connectivity index (χ4n) is 1.65. The Morgan fingerprint density at radius 3 is 2.65 bits per heavy atom. The molecule has 1 aromatic heterocycles. The zero-order chi connectivity index (χ0) is 14.8. The molecule has 0 unspecified atom stereocenters. The predicted octanol–water partition coefficient (Wildman–Crippen LogP) is 1.89. The number of pyridine rings is 1. The molecule has 104 valence electrons. The molecule has 0 aliphatic heterocycles. The number of benzene rings is 1. The van der Waals surface area contributed by atoms with Crippen LogP contribution in [0.25, 0.3) is 0 Å². The van der Waals surface area contributed by atoms with E-state index in [4.69, 9.17) is 5.11 Å². The van der Waals surface area contributed by atoms with Crippen molar-refractivity contribution in [2.45, 2.75) is 10.6 Å². The van der Waals surface area contributed by atoms with E-state index in [0.29, 0.717) is 5.56 Å². The molecule has 5 nitrogen and oxygen atoms in total. The maximum atomic E-state index is 13.2. The maximum absolute atomic E-state index is 13.2. The first kappa shape index (κ1) is 14.1. The number of halogens is 1. The second kappa shape index (κ2) is 5.38. The van der Waals surface area contributed by atoms with Crippen molar-refractivity contribution in [3.8, 4) is 0 Å². The van der Waals surface area contributed by atoms with Gasteiger partial charge < -0.3 is 5.11 Å². The van der Waals surface area contributed by atoms with E-state index >= 15 is 0 Å². The molecule has 0 amide bonds. The van der Waals surface area contributed by atoms with Crippen LogP contribution in [0.15, 0.2) is 47.6 Å². The molecule has 0 atom stereocenters. The lowest BCUT2D eigenvalue weighted by Crippen LogP contribution is -2.08. The molecule has 0 aliphatic rings. The Hall–Kier alpha value is -2.28. The molecule has 0 aliphatic carbocycles.